The van der Waals surface area contributed by atoms with Crippen molar-refractivity contribution in [3.8, 4) is 0 Å². The molecule has 0 spiro atoms. The van der Waals surface area contributed by atoms with Gasteiger partial charge in [-0.2, -0.15) is 0 Å². The second-order valence-electron chi connectivity index (χ2n) is 11.1. The molecule has 0 aliphatic rings. The number of carbonyl (C=O) groups excluding carboxylic acids is 3. The summed E-state index contributed by atoms with van der Waals surface area (Å²) >= 11 is 0. The minimum absolute atomic E-state index is 0.0247. The number of hydroxylamine groups is 1. The summed E-state index contributed by atoms with van der Waals surface area (Å²) < 4.78 is 1.83. The summed E-state index contributed by atoms with van der Waals surface area (Å²) in [4.78, 5) is 55.3. The third-order valence-corrected chi connectivity index (χ3v) is 7.68. The zero-order valence-corrected chi connectivity index (χ0v) is 25.7. The fraction of sp³-hybridized carbons (Fsp3) is 0.286. The van der Waals surface area contributed by atoms with Gasteiger partial charge >= 0.3 is 5.97 Å². The molecule has 0 aliphatic heterocycles. The van der Waals surface area contributed by atoms with Crippen LogP contribution < -0.4 is 16.1 Å². The maximum Gasteiger partial charge on any atom is 0.335 e. The van der Waals surface area contributed by atoms with Gasteiger partial charge in [0.15, 0.2) is 0 Å². The van der Waals surface area contributed by atoms with E-state index in [0.717, 1.165) is 35.4 Å². The summed E-state index contributed by atoms with van der Waals surface area (Å²) in [6.07, 6.45) is 4.50. The SMILES string of the molecule is CCCCc1ncc(C(=O)NC(CNC(=O)C(Cc2ccccc2)C(=O)NO)Cc2ccccc2)n1Cc1ccc(C(=O)O)cc1. The van der Waals surface area contributed by atoms with Gasteiger partial charge in [-0.25, -0.2) is 15.3 Å². The van der Waals surface area contributed by atoms with Gasteiger partial charge < -0.3 is 20.3 Å². The summed E-state index contributed by atoms with van der Waals surface area (Å²) in [6, 6.07) is 24.5. The molecule has 0 bridgehead atoms. The summed E-state index contributed by atoms with van der Waals surface area (Å²) in [5, 5.41) is 24.4. The van der Waals surface area contributed by atoms with Crippen molar-refractivity contribution in [3.05, 3.63) is 125 Å². The van der Waals surface area contributed by atoms with Crippen LogP contribution in [0, 0.1) is 5.92 Å². The summed E-state index contributed by atoms with van der Waals surface area (Å²) in [5.41, 5.74) is 4.60. The number of rotatable bonds is 16. The van der Waals surface area contributed by atoms with Crippen molar-refractivity contribution in [2.45, 2.75) is 51.6 Å². The summed E-state index contributed by atoms with van der Waals surface area (Å²) in [5.74, 6) is -3.26. The molecule has 2 unspecified atom stereocenters. The number of aromatic carboxylic acids is 1. The van der Waals surface area contributed by atoms with E-state index in [1.54, 1.807) is 41.9 Å². The number of nitrogens with one attached hydrogen (secondary N) is 3. The van der Waals surface area contributed by atoms with Crippen molar-refractivity contribution >= 4 is 23.7 Å². The third kappa shape index (κ3) is 9.35. The van der Waals surface area contributed by atoms with Crippen molar-refractivity contribution in [2.24, 2.45) is 5.92 Å². The van der Waals surface area contributed by atoms with Gasteiger partial charge in [0.1, 0.15) is 17.4 Å². The molecule has 11 nitrogen and oxygen atoms in total. The maximum absolute atomic E-state index is 13.8. The lowest BCUT2D eigenvalue weighted by atomic mass is 9.97. The topological polar surface area (TPSA) is 163 Å². The van der Waals surface area contributed by atoms with Crippen LogP contribution in [0.15, 0.2) is 91.1 Å². The van der Waals surface area contributed by atoms with E-state index < -0.39 is 29.7 Å². The first-order valence-electron chi connectivity index (χ1n) is 15.3. The molecule has 0 radical (unpaired) electrons. The lowest BCUT2D eigenvalue weighted by Gasteiger charge is -2.22. The zero-order chi connectivity index (χ0) is 32.9. The van der Waals surface area contributed by atoms with Gasteiger partial charge in [0.2, 0.25) is 5.91 Å². The van der Waals surface area contributed by atoms with E-state index in [9.17, 15) is 29.5 Å². The second-order valence-corrected chi connectivity index (χ2v) is 11.1. The van der Waals surface area contributed by atoms with Crippen molar-refractivity contribution in [2.75, 3.05) is 6.54 Å². The van der Waals surface area contributed by atoms with Gasteiger partial charge in [-0.1, -0.05) is 86.1 Å². The first kappa shape index (κ1) is 33.6. The van der Waals surface area contributed by atoms with Gasteiger partial charge in [0.05, 0.1) is 17.8 Å². The Morgan fingerprint density at radius 3 is 2.04 bits per heavy atom. The average molecular weight is 626 g/mol. The first-order chi connectivity index (χ1) is 22.3. The Morgan fingerprint density at radius 2 is 1.46 bits per heavy atom. The number of aryl methyl sites for hydroxylation is 1. The van der Waals surface area contributed by atoms with Gasteiger partial charge in [0, 0.05) is 19.5 Å². The number of hydrogen-bond acceptors (Lipinski definition) is 6. The smallest absolute Gasteiger partial charge is 0.335 e. The molecule has 4 rings (SSSR count). The predicted octanol–water partition coefficient (Wildman–Crippen LogP) is 3.79. The van der Waals surface area contributed by atoms with Crippen LogP contribution in [0.3, 0.4) is 0 Å². The number of carboxylic acids is 1. The number of nitrogens with zero attached hydrogens (tertiary/aromatic N) is 2. The number of hydrogen-bond donors (Lipinski definition) is 5. The minimum atomic E-state index is -1.18. The monoisotopic (exact) mass is 625 g/mol. The van der Waals surface area contributed by atoms with Crippen LogP contribution >= 0.6 is 0 Å². The van der Waals surface area contributed by atoms with E-state index in [1.807, 2.05) is 41.0 Å². The van der Waals surface area contributed by atoms with Gasteiger partial charge in [-0.05, 0) is 48.1 Å². The van der Waals surface area contributed by atoms with E-state index in [4.69, 9.17) is 0 Å². The lowest BCUT2D eigenvalue weighted by molar-refractivity contribution is -0.140. The van der Waals surface area contributed by atoms with E-state index in [2.05, 4.69) is 22.5 Å². The molecule has 240 valence electrons. The van der Waals surface area contributed by atoms with Crippen molar-refractivity contribution in [3.63, 3.8) is 0 Å². The highest BCUT2D eigenvalue weighted by Crippen LogP contribution is 2.15. The normalized spacial score (nSPS) is 12.1. The molecule has 1 aromatic heterocycles. The fourth-order valence-electron chi connectivity index (χ4n) is 5.15. The Balaban J connectivity index is 1.54. The zero-order valence-electron chi connectivity index (χ0n) is 25.7. The second kappa shape index (κ2) is 16.7. The largest absolute Gasteiger partial charge is 0.478 e. The Morgan fingerprint density at radius 1 is 0.826 bits per heavy atom. The Bertz CT molecular complexity index is 1610. The Hall–Kier alpha value is -5.29. The molecular formula is C35H39N5O6. The van der Waals surface area contributed by atoms with E-state index in [1.165, 1.54) is 18.3 Å². The highest BCUT2D eigenvalue weighted by Gasteiger charge is 2.28. The lowest BCUT2D eigenvalue weighted by Crippen LogP contribution is -2.48. The molecule has 2 atom stereocenters. The fourth-order valence-corrected chi connectivity index (χ4v) is 5.15. The predicted molar refractivity (Wildman–Crippen MR) is 171 cm³/mol. The quantitative estimate of drug-likeness (QED) is 0.0719. The van der Waals surface area contributed by atoms with Gasteiger partial charge in [-0.15, -0.1) is 0 Å². The molecular weight excluding hydrogens is 586 g/mol. The van der Waals surface area contributed by atoms with Crippen LogP contribution in [-0.4, -0.2) is 56.1 Å². The maximum atomic E-state index is 13.8. The van der Waals surface area contributed by atoms with Crippen LogP contribution in [0.4, 0.5) is 0 Å². The van der Waals surface area contributed by atoms with Crippen LogP contribution in [-0.2, 0) is 35.4 Å². The summed E-state index contributed by atoms with van der Waals surface area (Å²) in [7, 11) is 0. The Labute approximate surface area is 267 Å². The number of amides is 3. The molecule has 3 amide bonds. The molecule has 3 aromatic carbocycles. The van der Waals surface area contributed by atoms with Gasteiger partial charge in [-0.3, -0.25) is 19.6 Å². The Kier molecular flexibility index (Phi) is 12.2. The molecule has 0 saturated carbocycles. The minimum Gasteiger partial charge on any atom is -0.478 e. The molecule has 5 N–H and O–H groups in total. The highest BCUT2D eigenvalue weighted by molar-refractivity contribution is 6.00. The number of imidazole rings is 1. The molecule has 1 heterocycles. The van der Waals surface area contributed by atoms with E-state index in [0.29, 0.717) is 25.1 Å². The average Bonchev–Trinajstić information content (AvgIpc) is 3.47. The first-order valence-corrected chi connectivity index (χ1v) is 15.3. The van der Waals surface area contributed by atoms with E-state index >= 15 is 0 Å². The third-order valence-electron chi connectivity index (χ3n) is 7.68. The number of aromatic nitrogens is 2. The number of unbranched alkanes of at least 4 members (excludes halogenated alkanes) is 1. The standard InChI is InChI=1S/C35H39N5O6/c1-2-3-14-31-36-22-30(40(31)23-26-15-17-27(18-16-26)35(44)45)34(43)38-28(19-24-10-6-4-7-11-24)21-37-32(41)29(33(42)39-46)20-25-12-8-5-9-13-25/h4-13,15-18,22,28-29,46H,2-3,14,19-21,23H2,1H3,(H,37,41)(H,38,43)(H,39,42)(H,44,45). The summed E-state index contributed by atoms with van der Waals surface area (Å²) in [6.45, 7) is 2.42. The molecule has 46 heavy (non-hydrogen) atoms. The number of carbonyl (C=O) groups is 4. The van der Waals surface area contributed by atoms with Crippen molar-refractivity contribution in [1.29, 1.82) is 0 Å². The van der Waals surface area contributed by atoms with E-state index in [-0.39, 0.29) is 24.4 Å². The molecule has 11 heteroatoms. The molecule has 0 saturated heterocycles. The number of carboxylic acid groups (broad SMARTS) is 1. The number of benzene rings is 3. The van der Waals surface area contributed by atoms with Crippen LogP contribution in [0.5, 0.6) is 0 Å². The molecule has 0 fully saturated rings. The van der Waals surface area contributed by atoms with Crippen molar-refractivity contribution in [1.82, 2.24) is 25.7 Å². The van der Waals surface area contributed by atoms with Crippen molar-refractivity contribution < 1.29 is 29.5 Å². The molecule has 0 aliphatic carbocycles. The molecule has 4 aromatic rings. The van der Waals surface area contributed by atoms with Gasteiger partial charge in [0.25, 0.3) is 11.8 Å². The van der Waals surface area contributed by atoms with Crippen LogP contribution in [0.2, 0.25) is 0 Å². The van der Waals surface area contributed by atoms with Crippen LogP contribution in [0.1, 0.15) is 63.1 Å². The van der Waals surface area contributed by atoms with Crippen LogP contribution in [0.25, 0.3) is 0 Å². The highest BCUT2D eigenvalue weighted by atomic mass is 16.5.